The number of rotatable bonds is 3. The van der Waals surface area contributed by atoms with Crippen LogP contribution in [0.5, 0.6) is 5.75 Å². The van der Waals surface area contributed by atoms with Gasteiger partial charge in [-0.3, -0.25) is 9.13 Å². The van der Waals surface area contributed by atoms with Crippen molar-refractivity contribution in [3.05, 3.63) is 46.6 Å². The maximum atomic E-state index is 12.0. The third-order valence-corrected chi connectivity index (χ3v) is 2.68. The van der Waals surface area contributed by atoms with Crippen molar-refractivity contribution in [1.29, 1.82) is 0 Å². The summed E-state index contributed by atoms with van der Waals surface area (Å²) in [6.07, 6.45) is 1.69. The second-order valence-electron chi connectivity index (χ2n) is 3.85. The van der Waals surface area contributed by atoms with Crippen LogP contribution in [0.4, 0.5) is 8.78 Å². The first-order chi connectivity index (χ1) is 8.49. The molecule has 18 heavy (non-hydrogen) atoms. The number of aromatic nitrogens is 2. The molecule has 0 bridgehead atoms. The maximum Gasteiger partial charge on any atom is 0.387 e. The van der Waals surface area contributed by atoms with E-state index in [9.17, 15) is 13.6 Å². The third-order valence-electron chi connectivity index (χ3n) is 2.68. The molecular formula is C12H12F2N2O2. The molecule has 0 radical (unpaired) electrons. The van der Waals surface area contributed by atoms with Crippen molar-refractivity contribution in [3.8, 4) is 11.4 Å². The lowest BCUT2D eigenvalue weighted by Gasteiger charge is -2.05. The Labute approximate surface area is 102 Å². The molecule has 4 nitrogen and oxygen atoms in total. The Morgan fingerprint density at radius 1 is 1.22 bits per heavy atom. The number of halogens is 2. The Balaban J connectivity index is 2.34. The van der Waals surface area contributed by atoms with Crippen LogP contribution in [0.1, 0.15) is 5.69 Å². The zero-order valence-corrected chi connectivity index (χ0v) is 9.93. The van der Waals surface area contributed by atoms with Crippen LogP contribution in [-0.2, 0) is 7.05 Å². The van der Waals surface area contributed by atoms with Crippen LogP contribution in [0.2, 0.25) is 0 Å². The molecule has 0 fully saturated rings. The van der Waals surface area contributed by atoms with Gasteiger partial charge in [0.05, 0.1) is 5.69 Å². The lowest BCUT2D eigenvalue weighted by atomic mass is 10.3. The molecule has 1 heterocycles. The van der Waals surface area contributed by atoms with Crippen LogP contribution in [0, 0.1) is 6.92 Å². The molecule has 0 atom stereocenters. The molecule has 0 spiro atoms. The minimum Gasteiger partial charge on any atom is -0.435 e. The molecule has 2 aromatic rings. The number of aryl methyl sites for hydroxylation is 1. The van der Waals surface area contributed by atoms with Gasteiger partial charge < -0.3 is 4.74 Å². The largest absolute Gasteiger partial charge is 0.435 e. The van der Waals surface area contributed by atoms with Gasteiger partial charge in [-0.05, 0) is 31.2 Å². The van der Waals surface area contributed by atoms with Gasteiger partial charge >= 0.3 is 12.3 Å². The second kappa shape index (κ2) is 4.64. The summed E-state index contributed by atoms with van der Waals surface area (Å²) in [5, 5.41) is 0. The first kappa shape index (κ1) is 12.3. The predicted molar refractivity (Wildman–Crippen MR) is 62.4 cm³/mol. The molecule has 0 amide bonds. The number of hydrogen-bond acceptors (Lipinski definition) is 2. The molecule has 2 rings (SSSR count). The van der Waals surface area contributed by atoms with E-state index in [4.69, 9.17) is 0 Å². The Morgan fingerprint density at radius 3 is 2.28 bits per heavy atom. The standard InChI is InChI=1S/C12H12F2N2O2/c1-8-7-16(12(17)15(8)2)9-3-5-10(6-4-9)18-11(13)14/h3-7,11H,1-2H3. The van der Waals surface area contributed by atoms with E-state index in [2.05, 4.69) is 4.74 Å². The molecule has 0 aliphatic heterocycles. The lowest BCUT2D eigenvalue weighted by molar-refractivity contribution is -0.0498. The summed E-state index contributed by atoms with van der Waals surface area (Å²) in [7, 11) is 1.67. The van der Waals surface area contributed by atoms with Crippen LogP contribution in [0.25, 0.3) is 5.69 Å². The highest BCUT2D eigenvalue weighted by Gasteiger charge is 2.08. The fourth-order valence-electron chi connectivity index (χ4n) is 1.61. The van der Waals surface area contributed by atoms with Crippen molar-refractivity contribution in [3.63, 3.8) is 0 Å². The number of benzene rings is 1. The van der Waals surface area contributed by atoms with E-state index in [1.165, 1.54) is 21.3 Å². The summed E-state index contributed by atoms with van der Waals surface area (Å²) in [4.78, 5) is 11.8. The van der Waals surface area contributed by atoms with Crippen molar-refractivity contribution in [2.75, 3.05) is 0 Å². The molecule has 96 valence electrons. The average molecular weight is 254 g/mol. The third kappa shape index (κ3) is 2.27. The van der Waals surface area contributed by atoms with Gasteiger partial charge in [0.2, 0.25) is 0 Å². The summed E-state index contributed by atoms with van der Waals surface area (Å²) >= 11 is 0. The van der Waals surface area contributed by atoms with Gasteiger partial charge in [-0.15, -0.1) is 0 Å². The fraction of sp³-hybridized carbons (Fsp3) is 0.250. The van der Waals surface area contributed by atoms with Gasteiger partial charge in [0.1, 0.15) is 5.75 Å². The summed E-state index contributed by atoms with van der Waals surface area (Å²) < 4.78 is 31.2. The van der Waals surface area contributed by atoms with Gasteiger partial charge in [0, 0.05) is 18.9 Å². The van der Waals surface area contributed by atoms with Gasteiger partial charge in [0.25, 0.3) is 0 Å². The van der Waals surface area contributed by atoms with Crippen LogP contribution in [0.15, 0.2) is 35.3 Å². The molecule has 0 aliphatic rings. The summed E-state index contributed by atoms with van der Waals surface area (Å²) in [6.45, 7) is -1.04. The zero-order chi connectivity index (χ0) is 13.3. The molecule has 1 aromatic heterocycles. The van der Waals surface area contributed by atoms with Crippen molar-refractivity contribution in [1.82, 2.24) is 9.13 Å². The Morgan fingerprint density at radius 2 is 1.83 bits per heavy atom. The van der Waals surface area contributed by atoms with E-state index in [-0.39, 0.29) is 11.4 Å². The molecule has 6 heteroatoms. The van der Waals surface area contributed by atoms with Gasteiger partial charge in [0.15, 0.2) is 0 Å². The molecular weight excluding hydrogens is 242 g/mol. The van der Waals surface area contributed by atoms with Gasteiger partial charge in [-0.1, -0.05) is 0 Å². The maximum absolute atomic E-state index is 12.0. The molecule has 0 N–H and O–H groups in total. The van der Waals surface area contributed by atoms with Gasteiger partial charge in [-0.2, -0.15) is 8.78 Å². The smallest absolute Gasteiger partial charge is 0.387 e. The zero-order valence-electron chi connectivity index (χ0n) is 9.93. The Kier molecular flexibility index (Phi) is 3.18. The number of imidazole rings is 1. The summed E-state index contributed by atoms with van der Waals surface area (Å²) in [6, 6.07) is 5.91. The van der Waals surface area contributed by atoms with Crippen molar-refractivity contribution in [2.45, 2.75) is 13.5 Å². The number of alkyl halides is 2. The minimum absolute atomic E-state index is 0.0643. The predicted octanol–water partition coefficient (Wildman–Crippen LogP) is 2.09. The number of ether oxygens (including phenoxy) is 1. The van der Waals surface area contributed by atoms with E-state index in [1.807, 2.05) is 6.92 Å². The Hall–Kier alpha value is -2.11. The minimum atomic E-state index is -2.85. The van der Waals surface area contributed by atoms with Crippen LogP contribution < -0.4 is 10.4 Å². The van der Waals surface area contributed by atoms with Crippen LogP contribution in [-0.4, -0.2) is 15.7 Å². The monoisotopic (exact) mass is 254 g/mol. The number of nitrogens with zero attached hydrogens (tertiary/aromatic N) is 2. The van der Waals surface area contributed by atoms with E-state index in [0.717, 1.165) is 5.69 Å². The SMILES string of the molecule is Cc1cn(-c2ccc(OC(F)F)cc2)c(=O)n1C. The summed E-state index contributed by atoms with van der Waals surface area (Å²) in [5.41, 5.74) is 1.23. The normalized spacial score (nSPS) is 10.9. The van der Waals surface area contributed by atoms with E-state index >= 15 is 0 Å². The molecule has 0 saturated heterocycles. The van der Waals surface area contributed by atoms with Crippen molar-refractivity contribution < 1.29 is 13.5 Å². The average Bonchev–Trinajstić information content (AvgIpc) is 2.57. The van der Waals surface area contributed by atoms with E-state index in [0.29, 0.717) is 5.69 Å². The Bertz CT molecular complexity index is 600. The summed E-state index contributed by atoms with van der Waals surface area (Å²) in [5.74, 6) is 0.0643. The lowest BCUT2D eigenvalue weighted by Crippen LogP contribution is -2.21. The van der Waals surface area contributed by atoms with E-state index < -0.39 is 6.61 Å². The quantitative estimate of drug-likeness (QED) is 0.840. The van der Waals surface area contributed by atoms with Crippen molar-refractivity contribution >= 4 is 0 Å². The van der Waals surface area contributed by atoms with E-state index in [1.54, 1.807) is 25.4 Å². The highest BCUT2D eigenvalue weighted by molar-refractivity contribution is 5.37. The molecule has 0 saturated carbocycles. The number of hydrogen-bond donors (Lipinski definition) is 0. The van der Waals surface area contributed by atoms with Crippen LogP contribution in [0.3, 0.4) is 0 Å². The second-order valence-corrected chi connectivity index (χ2v) is 3.85. The van der Waals surface area contributed by atoms with Crippen molar-refractivity contribution in [2.24, 2.45) is 7.05 Å². The highest BCUT2D eigenvalue weighted by atomic mass is 19.3. The first-order valence-corrected chi connectivity index (χ1v) is 5.29. The first-order valence-electron chi connectivity index (χ1n) is 5.29. The van der Waals surface area contributed by atoms with Crippen LogP contribution >= 0.6 is 0 Å². The molecule has 1 aromatic carbocycles. The molecule has 0 unspecified atom stereocenters. The topological polar surface area (TPSA) is 36.2 Å². The highest BCUT2D eigenvalue weighted by Crippen LogP contribution is 2.16. The molecule has 0 aliphatic carbocycles. The fourth-order valence-corrected chi connectivity index (χ4v) is 1.61. The van der Waals surface area contributed by atoms with Gasteiger partial charge in [-0.25, -0.2) is 4.79 Å².